The molecular formula is C15H12N2O7S. The number of nitrogens with zero attached hydrogens (tertiary/aromatic N) is 1. The lowest BCUT2D eigenvalue weighted by Crippen LogP contribution is -2.28. The summed E-state index contributed by atoms with van der Waals surface area (Å²) in [4.78, 5) is 35.2. The molecule has 0 saturated carbocycles. The van der Waals surface area contributed by atoms with Gasteiger partial charge in [0.15, 0.2) is 18.1 Å². The number of hydrogen-bond donors (Lipinski definition) is 1. The quantitative estimate of drug-likeness (QED) is 0.472. The molecule has 25 heavy (non-hydrogen) atoms. The second-order valence-electron chi connectivity index (χ2n) is 4.91. The molecule has 1 aliphatic heterocycles. The van der Waals surface area contributed by atoms with Gasteiger partial charge in [0.05, 0.1) is 17.5 Å². The molecule has 0 unspecified atom stereocenters. The van der Waals surface area contributed by atoms with E-state index in [1.807, 2.05) is 17.5 Å². The molecule has 1 aromatic heterocycles. The summed E-state index contributed by atoms with van der Waals surface area (Å²) in [6, 6.07) is 5.97. The number of nitro groups is 1. The topological polar surface area (TPSA) is 117 Å². The van der Waals surface area contributed by atoms with Crippen molar-refractivity contribution in [2.45, 2.75) is 6.54 Å². The van der Waals surface area contributed by atoms with Gasteiger partial charge in [-0.2, -0.15) is 0 Å². The van der Waals surface area contributed by atoms with Crippen LogP contribution in [0.4, 0.5) is 5.69 Å². The van der Waals surface area contributed by atoms with Crippen LogP contribution >= 0.6 is 11.3 Å². The van der Waals surface area contributed by atoms with Gasteiger partial charge in [-0.3, -0.25) is 14.9 Å². The van der Waals surface area contributed by atoms with E-state index in [1.54, 1.807) is 0 Å². The van der Waals surface area contributed by atoms with E-state index < -0.39 is 29.1 Å². The van der Waals surface area contributed by atoms with Crippen molar-refractivity contribution in [3.63, 3.8) is 0 Å². The second-order valence-corrected chi connectivity index (χ2v) is 5.94. The van der Waals surface area contributed by atoms with E-state index in [4.69, 9.17) is 14.2 Å². The predicted octanol–water partition coefficient (Wildman–Crippen LogP) is 1.86. The molecule has 130 valence electrons. The van der Waals surface area contributed by atoms with E-state index in [9.17, 15) is 19.7 Å². The molecule has 1 aliphatic rings. The molecule has 1 N–H and O–H groups in total. The number of esters is 1. The number of amides is 1. The number of benzene rings is 1. The number of ether oxygens (including phenoxy) is 3. The maximum absolute atomic E-state index is 12.1. The molecule has 0 bridgehead atoms. The largest absolute Gasteiger partial charge is 0.454 e. The fourth-order valence-corrected chi connectivity index (χ4v) is 2.75. The summed E-state index contributed by atoms with van der Waals surface area (Å²) in [6.45, 7) is -0.315. The first-order valence-electron chi connectivity index (χ1n) is 7.09. The smallest absolute Gasteiger partial charge is 0.345 e. The Bertz CT molecular complexity index is 820. The van der Waals surface area contributed by atoms with E-state index in [2.05, 4.69) is 5.32 Å². The van der Waals surface area contributed by atoms with E-state index in [1.165, 1.54) is 17.4 Å². The molecule has 10 heteroatoms. The van der Waals surface area contributed by atoms with Crippen LogP contribution in [0.25, 0.3) is 0 Å². The SMILES string of the molecule is O=C(COC(=O)c1cc2c(cc1[N+](=O)[O-])OCO2)NCc1cccs1. The summed E-state index contributed by atoms with van der Waals surface area (Å²) >= 11 is 1.48. The third-order valence-corrected chi connectivity index (χ3v) is 4.16. The summed E-state index contributed by atoms with van der Waals surface area (Å²) in [6.07, 6.45) is 0. The van der Waals surface area contributed by atoms with Gasteiger partial charge in [-0.1, -0.05) is 6.07 Å². The van der Waals surface area contributed by atoms with Crippen LogP contribution in [-0.4, -0.2) is 30.2 Å². The highest BCUT2D eigenvalue weighted by atomic mass is 32.1. The third kappa shape index (κ3) is 3.86. The normalized spacial score (nSPS) is 11.8. The number of nitrogens with one attached hydrogen (secondary N) is 1. The van der Waals surface area contributed by atoms with Gasteiger partial charge >= 0.3 is 5.97 Å². The standard InChI is InChI=1S/C15H12N2O7S/c18-14(16-6-9-2-1-3-25-9)7-22-15(19)10-4-12-13(24-8-23-12)5-11(10)17(20)21/h1-5H,6-8H2,(H,16,18). The fraction of sp³-hybridized carbons (Fsp3) is 0.200. The van der Waals surface area contributed by atoms with Crippen molar-refractivity contribution in [2.75, 3.05) is 13.4 Å². The van der Waals surface area contributed by atoms with Gasteiger partial charge in [-0.15, -0.1) is 11.3 Å². The van der Waals surface area contributed by atoms with Crippen LogP contribution in [0.3, 0.4) is 0 Å². The molecule has 3 rings (SSSR count). The summed E-state index contributed by atoms with van der Waals surface area (Å²) in [5.74, 6) is -1.11. The Balaban J connectivity index is 1.63. The molecule has 0 fully saturated rings. The summed E-state index contributed by atoms with van der Waals surface area (Å²) in [7, 11) is 0. The van der Waals surface area contributed by atoms with Crippen LogP contribution in [0.2, 0.25) is 0 Å². The van der Waals surface area contributed by atoms with Crippen molar-refractivity contribution in [3.8, 4) is 11.5 Å². The first-order chi connectivity index (χ1) is 12.0. The molecule has 1 aromatic carbocycles. The number of fused-ring (bicyclic) bond motifs is 1. The van der Waals surface area contributed by atoms with Crippen LogP contribution in [0, 0.1) is 10.1 Å². The number of carbonyl (C=O) groups is 2. The maximum Gasteiger partial charge on any atom is 0.345 e. The van der Waals surface area contributed by atoms with Crippen molar-refractivity contribution >= 4 is 28.9 Å². The zero-order valence-electron chi connectivity index (χ0n) is 12.7. The number of hydrogen-bond acceptors (Lipinski definition) is 8. The van der Waals surface area contributed by atoms with E-state index in [0.717, 1.165) is 10.9 Å². The monoisotopic (exact) mass is 364 g/mol. The summed E-state index contributed by atoms with van der Waals surface area (Å²) < 4.78 is 15.0. The first-order valence-corrected chi connectivity index (χ1v) is 7.97. The molecule has 0 radical (unpaired) electrons. The molecule has 1 amide bonds. The Morgan fingerprint density at radius 1 is 1.32 bits per heavy atom. The molecule has 0 atom stereocenters. The Labute approximate surface area is 145 Å². The molecule has 9 nitrogen and oxygen atoms in total. The van der Waals surface area contributed by atoms with Gasteiger partial charge in [0.2, 0.25) is 6.79 Å². The molecule has 0 saturated heterocycles. The lowest BCUT2D eigenvalue weighted by molar-refractivity contribution is -0.385. The summed E-state index contributed by atoms with van der Waals surface area (Å²) in [5, 5.41) is 15.6. The van der Waals surface area contributed by atoms with Gasteiger partial charge in [-0.05, 0) is 11.4 Å². The van der Waals surface area contributed by atoms with Crippen molar-refractivity contribution in [2.24, 2.45) is 0 Å². The van der Waals surface area contributed by atoms with Gasteiger partial charge in [0.1, 0.15) is 5.56 Å². The molecule has 2 heterocycles. The van der Waals surface area contributed by atoms with E-state index >= 15 is 0 Å². The minimum absolute atomic E-state index is 0.0872. The van der Waals surface area contributed by atoms with Crippen LogP contribution in [-0.2, 0) is 16.1 Å². The number of rotatable bonds is 6. The van der Waals surface area contributed by atoms with Crippen molar-refractivity contribution in [1.29, 1.82) is 0 Å². The van der Waals surface area contributed by atoms with Crippen LogP contribution in [0.5, 0.6) is 11.5 Å². The van der Waals surface area contributed by atoms with Crippen molar-refractivity contribution in [3.05, 3.63) is 50.2 Å². The first kappa shape index (κ1) is 16.7. The molecular weight excluding hydrogens is 352 g/mol. The number of carbonyl (C=O) groups excluding carboxylic acids is 2. The van der Waals surface area contributed by atoms with E-state index in [-0.39, 0.29) is 23.9 Å². The zero-order valence-corrected chi connectivity index (χ0v) is 13.5. The molecule has 0 aliphatic carbocycles. The lowest BCUT2D eigenvalue weighted by Gasteiger charge is -2.07. The van der Waals surface area contributed by atoms with Gasteiger partial charge < -0.3 is 19.5 Å². The summed E-state index contributed by atoms with van der Waals surface area (Å²) in [5.41, 5.74) is -0.784. The average molecular weight is 364 g/mol. The molecule has 2 aromatic rings. The predicted molar refractivity (Wildman–Crippen MR) is 85.7 cm³/mol. The van der Waals surface area contributed by atoms with Crippen molar-refractivity contribution in [1.82, 2.24) is 5.32 Å². The van der Waals surface area contributed by atoms with E-state index in [0.29, 0.717) is 6.54 Å². The Hall–Kier alpha value is -3.14. The van der Waals surface area contributed by atoms with Gasteiger partial charge in [0.25, 0.3) is 11.6 Å². The zero-order chi connectivity index (χ0) is 17.8. The third-order valence-electron chi connectivity index (χ3n) is 3.28. The highest BCUT2D eigenvalue weighted by Crippen LogP contribution is 2.38. The van der Waals surface area contributed by atoms with Crippen LogP contribution in [0.1, 0.15) is 15.2 Å². The Kier molecular flexibility index (Phi) is 4.80. The lowest BCUT2D eigenvalue weighted by atomic mass is 10.1. The van der Waals surface area contributed by atoms with Crippen LogP contribution in [0.15, 0.2) is 29.6 Å². The van der Waals surface area contributed by atoms with Gasteiger partial charge in [-0.25, -0.2) is 4.79 Å². The average Bonchev–Trinajstić information content (AvgIpc) is 3.27. The number of thiophene rings is 1. The molecule has 0 spiro atoms. The Morgan fingerprint density at radius 3 is 2.76 bits per heavy atom. The maximum atomic E-state index is 12.1. The minimum Gasteiger partial charge on any atom is -0.454 e. The highest BCUT2D eigenvalue weighted by molar-refractivity contribution is 7.09. The fourth-order valence-electron chi connectivity index (χ4n) is 2.10. The second kappa shape index (κ2) is 7.18. The van der Waals surface area contributed by atoms with Crippen LogP contribution < -0.4 is 14.8 Å². The highest BCUT2D eigenvalue weighted by Gasteiger charge is 2.28. The van der Waals surface area contributed by atoms with Gasteiger partial charge in [0, 0.05) is 10.9 Å². The van der Waals surface area contributed by atoms with Crippen molar-refractivity contribution < 1.29 is 28.7 Å². The minimum atomic E-state index is -0.990. The Morgan fingerprint density at radius 2 is 2.08 bits per heavy atom. The number of nitro benzene ring substituents is 1.